The maximum absolute atomic E-state index is 13.4. The molecule has 14 heteroatoms. The molecule has 0 atom stereocenters. The van der Waals surface area contributed by atoms with Gasteiger partial charge in [0.1, 0.15) is 0 Å². The van der Waals surface area contributed by atoms with Gasteiger partial charge in [-0.1, -0.05) is 17.7 Å². The number of thiophene rings is 1. The first-order valence-corrected chi connectivity index (χ1v) is 11.3. The lowest BCUT2D eigenvalue weighted by Crippen LogP contribution is -2.30. The lowest BCUT2D eigenvalue weighted by Gasteiger charge is -2.24. The molecule has 0 radical (unpaired) electrons. The number of carbonyl (C=O) groups excluding carboxylic acids is 1. The summed E-state index contributed by atoms with van der Waals surface area (Å²) in [5.41, 5.74) is -4.68. The summed E-state index contributed by atoms with van der Waals surface area (Å²) in [5, 5.41) is 0. The zero-order valence-corrected chi connectivity index (χ0v) is 20.1. The first kappa shape index (κ1) is 28.6. The summed E-state index contributed by atoms with van der Waals surface area (Å²) >= 11 is 6.95. The molecule has 3 aromatic rings. The largest absolute Gasteiger partial charge is 0.453 e. The van der Waals surface area contributed by atoms with Crippen molar-refractivity contribution in [3.63, 3.8) is 0 Å². The molecule has 0 unspecified atom stereocenters. The van der Waals surface area contributed by atoms with Crippen molar-refractivity contribution < 1.29 is 49.0 Å². The smallest absolute Gasteiger partial charge is 0.416 e. The number of alkyl halides is 9. The maximum Gasteiger partial charge on any atom is 0.416 e. The average molecular weight is 576 g/mol. The first-order valence-electron chi connectivity index (χ1n) is 10.1. The molecule has 1 aromatic heterocycles. The quantitative estimate of drug-likeness (QED) is 0.284. The zero-order chi connectivity index (χ0) is 27.8. The number of rotatable bonds is 5. The Hall–Kier alpha value is -2.93. The van der Waals surface area contributed by atoms with Crippen molar-refractivity contribution in [1.82, 2.24) is 4.90 Å². The second kappa shape index (κ2) is 10.4. The highest BCUT2D eigenvalue weighted by Gasteiger charge is 2.37. The third-order valence-corrected chi connectivity index (χ3v) is 6.35. The van der Waals surface area contributed by atoms with E-state index in [-0.39, 0.29) is 17.2 Å². The highest BCUT2D eigenvalue weighted by molar-refractivity contribution is 7.19. The molecule has 3 rings (SSSR count). The highest BCUT2D eigenvalue weighted by atomic mass is 35.5. The molecule has 0 spiro atoms. The van der Waals surface area contributed by atoms with Crippen molar-refractivity contribution in [2.24, 2.45) is 0 Å². The molecule has 37 heavy (non-hydrogen) atoms. The van der Waals surface area contributed by atoms with Gasteiger partial charge in [0.05, 0.1) is 34.7 Å². The summed E-state index contributed by atoms with van der Waals surface area (Å²) in [4.78, 5) is 13.6. The first-order chi connectivity index (χ1) is 17.0. The number of benzene rings is 2. The third kappa shape index (κ3) is 7.10. The number of ether oxygens (including phenoxy) is 1. The van der Waals surface area contributed by atoms with Crippen LogP contribution in [0.25, 0.3) is 10.4 Å². The Morgan fingerprint density at radius 1 is 0.811 bits per heavy atom. The molecule has 0 aliphatic heterocycles. The van der Waals surface area contributed by atoms with Crippen LogP contribution in [0.1, 0.15) is 27.8 Å². The van der Waals surface area contributed by atoms with Gasteiger partial charge in [-0.05, 0) is 59.2 Å². The Morgan fingerprint density at radius 2 is 1.38 bits per heavy atom. The minimum Gasteiger partial charge on any atom is -0.453 e. The van der Waals surface area contributed by atoms with E-state index >= 15 is 0 Å². The summed E-state index contributed by atoms with van der Waals surface area (Å²) in [6.45, 7) is -1.44. The van der Waals surface area contributed by atoms with Crippen LogP contribution < -0.4 is 0 Å². The number of carbonyl (C=O) groups is 1. The van der Waals surface area contributed by atoms with E-state index in [0.717, 1.165) is 36.6 Å². The molecule has 2 aromatic carbocycles. The van der Waals surface area contributed by atoms with E-state index in [4.69, 9.17) is 11.6 Å². The Bertz CT molecular complexity index is 1250. The van der Waals surface area contributed by atoms with Crippen LogP contribution in [0.2, 0.25) is 4.34 Å². The molecule has 1 amide bonds. The second-order valence-electron chi connectivity index (χ2n) is 7.71. The summed E-state index contributed by atoms with van der Waals surface area (Å²) in [6, 6.07) is 6.48. The molecule has 0 bridgehead atoms. The second-order valence-corrected chi connectivity index (χ2v) is 9.43. The van der Waals surface area contributed by atoms with E-state index < -0.39 is 60.0 Å². The van der Waals surface area contributed by atoms with Gasteiger partial charge in [-0.15, -0.1) is 11.3 Å². The lowest BCUT2D eigenvalue weighted by atomic mass is 10.0. The van der Waals surface area contributed by atoms with Crippen molar-refractivity contribution in [2.75, 3.05) is 7.11 Å². The Balaban J connectivity index is 2.09. The monoisotopic (exact) mass is 575 g/mol. The average Bonchev–Trinajstić information content (AvgIpc) is 3.22. The molecular formula is C23H15ClF9NO2S. The van der Waals surface area contributed by atoms with Gasteiger partial charge in [0.25, 0.3) is 0 Å². The SMILES string of the molecule is COC(=O)N(Cc1cc(C(F)(F)F)cc(C(F)(F)F)c1)Cc1cc(C(F)(F)F)ccc1-c1ccc(Cl)s1. The predicted molar refractivity (Wildman–Crippen MR) is 118 cm³/mol. The van der Waals surface area contributed by atoms with Crippen LogP contribution in [0, 0.1) is 0 Å². The lowest BCUT2D eigenvalue weighted by molar-refractivity contribution is -0.143. The van der Waals surface area contributed by atoms with E-state index in [1.165, 1.54) is 12.1 Å². The van der Waals surface area contributed by atoms with Gasteiger partial charge in [-0.3, -0.25) is 4.90 Å². The molecular weight excluding hydrogens is 561 g/mol. The molecule has 0 N–H and O–H groups in total. The molecule has 1 heterocycles. The molecule has 0 fully saturated rings. The summed E-state index contributed by atoms with van der Waals surface area (Å²) in [6.07, 6.45) is -16.2. The number of halogens is 10. The highest BCUT2D eigenvalue weighted by Crippen LogP contribution is 2.39. The summed E-state index contributed by atoms with van der Waals surface area (Å²) < 4.78 is 125. The van der Waals surface area contributed by atoms with Gasteiger partial charge in [-0.2, -0.15) is 39.5 Å². The van der Waals surface area contributed by atoms with Crippen LogP contribution in [-0.2, 0) is 36.4 Å². The molecule has 0 aliphatic carbocycles. The standard InChI is InChI=1S/C23H15ClF9NO2S/c1-36-20(35)34(10-12-6-15(22(28,29)30)9-16(7-12)23(31,32)33)11-13-8-14(21(25,26)27)2-3-17(13)18-4-5-19(24)37-18/h2-9H,10-11H2,1H3. The molecule has 0 aliphatic rings. The minimum atomic E-state index is -5.13. The van der Waals surface area contributed by atoms with Crippen molar-refractivity contribution in [1.29, 1.82) is 0 Å². The number of hydrogen-bond donors (Lipinski definition) is 0. The van der Waals surface area contributed by atoms with Crippen molar-refractivity contribution >= 4 is 29.0 Å². The Morgan fingerprint density at radius 3 is 1.84 bits per heavy atom. The van der Waals surface area contributed by atoms with E-state index in [9.17, 15) is 44.3 Å². The van der Waals surface area contributed by atoms with Crippen molar-refractivity contribution in [2.45, 2.75) is 31.6 Å². The maximum atomic E-state index is 13.4. The van der Waals surface area contributed by atoms with Crippen molar-refractivity contribution in [3.8, 4) is 10.4 Å². The van der Waals surface area contributed by atoms with Gasteiger partial charge in [0.2, 0.25) is 0 Å². The Labute approximate surface area is 213 Å². The van der Waals surface area contributed by atoms with Crippen molar-refractivity contribution in [3.05, 3.63) is 80.7 Å². The third-order valence-electron chi connectivity index (χ3n) is 5.09. The van der Waals surface area contributed by atoms with Gasteiger partial charge in [-0.25, -0.2) is 4.79 Å². The summed E-state index contributed by atoms with van der Waals surface area (Å²) in [7, 11) is 0.911. The summed E-state index contributed by atoms with van der Waals surface area (Å²) in [5.74, 6) is 0. The number of methoxy groups -OCH3 is 1. The fourth-order valence-electron chi connectivity index (χ4n) is 3.45. The minimum absolute atomic E-state index is 0.0720. The topological polar surface area (TPSA) is 29.5 Å². The van der Waals surface area contributed by atoms with E-state index in [1.807, 2.05) is 0 Å². The zero-order valence-electron chi connectivity index (χ0n) is 18.5. The molecule has 3 nitrogen and oxygen atoms in total. The number of hydrogen-bond acceptors (Lipinski definition) is 3. The van der Waals surface area contributed by atoms with Crippen LogP contribution in [-0.4, -0.2) is 18.1 Å². The van der Waals surface area contributed by atoms with Gasteiger partial charge >= 0.3 is 24.6 Å². The molecule has 200 valence electrons. The van der Waals surface area contributed by atoms with E-state index in [1.54, 1.807) is 0 Å². The van der Waals surface area contributed by atoms with Gasteiger partial charge in [0.15, 0.2) is 0 Å². The normalized spacial score (nSPS) is 12.5. The van der Waals surface area contributed by atoms with Gasteiger partial charge in [0, 0.05) is 11.4 Å². The molecule has 0 saturated heterocycles. The fraction of sp³-hybridized carbons (Fsp3) is 0.261. The van der Waals surface area contributed by atoms with Gasteiger partial charge < -0.3 is 4.74 Å². The number of nitrogens with zero attached hydrogens (tertiary/aromatic N) is 1. The Kier molecular flexibility index (Phi) is 8.08. The number of amides is 1. The van der Waals surface area contributed by atoms with E-state index in [2.05, 4.69) is 4.74 Å². The van der Waals surface area contributed by atoms with Crippen LogP contribution in [0.3, 0.4) is 0 Å². The van der Waals surface area contributed by atoms with E-state index in [0.29, 0.717) is 26.2 Å². The van der Waals surface area contributed by atoms with Crippen LogP contribution in [0.4, 0.5) is 44.3 Å². The van der Waals surface area contributed by atoms with Crippen LogP contribution in [0.5, 0.6) is 0 Å². The molecule has 0 saturated carbocycles. The van der Waals surface area contributed by atoms with Crippen LogP contribution in [0.15, 0.2) is 48.5 Å². The fourth-order valence-corrected chi connectivity index (χ4v) is 4.55. The predicted octanol–water partition coefficient (Wildman–Crippen LogP) is 8.89. The van der Waals surface area contributed by atoms with Crippen LogP contribution >= 0.6 is 22.9 Å².